The smallest absolute Gasteiger partial charge is 0.244 e. The summed E-state index contributed by atoms with van der Waals surface area (Å²) in [6, 6.07) is 5.39. The molecule has 1 heterocycles. The molecule has 118 valence electrons. The van der Waals surface area contributed by atoms with Crippen LogP contribution in [0.5, 0.6) is 5.75 Å². The van der Waals surface area contributed by atoms with Gasteiger partial charge in [0, 0.05) is 19.2 Å². The zero-order chi connectivity index (χ0) is 15.8. The largest absolute Gasteiger partial charge is 0.487 e. The minimum absolute atomic E-state index is 0.138. The van der Waals surface area contributed by atoms with Crippen molar-refractivity contribution in [3.8, 4) is 5.75 Å². The molecule has 1 aromatic rings. The Labute approximate surface area is 130 Å². The molecule has 0 saturated carbocycles. The van der Waals surface area contributed by atoms with Crippen LogP contribution in [0.15, 0.2) is 36.9 Å². The van der Waals surface area contributed by atoms with E-state index < -0.39 is 0 Å². The Bertz CT molecular complexity index is 549. The van der Waals surface area contributed by atoms with Gasteiger partial charge in [0.15, 0.2) is 0 Å². The second-order valence-electron chi connectivity index (χ2n) is 5.11. The molecular weight excluding hydrogens is 280 g/mol. The Morgan fingerprint density at radius 2 is 2.41 bits per heavy atom. The SMILES string of the molecule is C=CCOc1ccc(/C=C\C(=O)NCC2CCCO2)cc1N. The van der Waals surface area contributed by atoms with E-state index >= 15 is 0 Å². The molecule has 0 aliphatic carbocycles. The maximum atomic E-state index is 11.7. The zero-order valence-corrected chi connectivity index (χ0v) is 12.6. The number of hydrogen-bond acceptors (Lipinski definition) is 4. The molecule has 5 nitrogen and oxygen atoms in total. The highest BCUT2D eigenvalue weighted by Crippen LogP contribution is 2.23. The minimum Gasteiger partial charge on any atom is -0.487 e. The molecule has 1 unspecified atom stereocenters. The summed E-state index contributed by atoms with van der Waals surface area (Å²) >= 11 is 0. The van der Waals surface area contributed by atoms with E-state index in [9.17, 15) is 4.79 Å². The lowest BCUT2D eigenvalue weighted by atomic mass is 10.1. The van der Waals surface area contributed by atoms with Crippen molar-refractivity contribution in [1.82, 2.24) is 5.32 Å². The third-order valence-corrected chi connectivity index (χ3v) is 3.35. The maximum Gasteiger partial charge on any atom is 0.244 e. The molecule has 1 saturated heterocycles. The third-order valence-electron chi connectivity index (χ3n) is 3.35. The van der Waals surface area contributed by atoms with Crippen LogP contribution in [0, 0.1) is 0 Å². The number of nitrogens with one attached hydrogen (secondary N) is 1. The lowest BCUT2D eigenvalue weighted by Gasteiger charge is -2.09. The molecule has 1 atom stereocenters. The van der Waals surface area contributed by atoms with Gasteiger partial charge < -0.3 is 20.5 Å². The molecular formula is C17H22N2O3. The molecule has 0 aromatic heterocycles. The number of amides is 1. The summed E-state index contributed by atoms with van der Waals surface area (Å²) in [6.45, 7) is 5.34. The van der Waals surface area contributed by atoms with Crippen LogP contribution in [0.2, 0.25) is 0 Å². The molecule has 1 amide bonds. The van der Waals surface area contributed by atoms with Crippen LogP contribution in [0.3, 0.4) is 0 Å². The predicted molar refractivity (Wildman–Crippen MR) is 87.6 cm³/mol. The van der Waals surface area contributed by atoms with E-state index in [1.165, 1.54) is 6.08 Å². The molecule has 0 bridgehead atoms. The predicted octanol–water partition coefficient (Wildman–Crippen LogP) is 2.14. The molecule has 1 aromatic carbocycles. The Morgan fingerprint density at radius 3 is 3.09 bits per heavy atom. The second kappa shape index (κ2) is 8.24. The van der Waals surface area contributed by atoms with Gasteiger partial charge >= 0.3 is 0 Å². The summed E-state index contributed by atoms with van der Waals surface area (Å²) in [5.41, 5.74) is 7.27. The average molecular weight is 302 g/mol. The first-order valence-electron chi connectivity index (χ1n) is 7.40. The first-order chi connectivity index (χ1) is 10.7. The van der Waals surface area contributed by atoms with Crippen LogP contribution in [0.25, 0.3) is 6.08 Å². The van der Waals surface area contributed by atoms with Crippen molar-refractivity contribution in [3.63, 3.8) is 0 Å². The van der Waals surface area contributed by atoms with Crippen LogP contribution in [-0.4, -0.2) is 31.8 Å². The molecule has 1 aliphatic rings. The van der Waals surface area contributed by atoms with E-state index in [1.807, 2.05) is 6.07 Å². The van der Waals surface area contributed by atoms with E-state index in [1.54, 1.807) is 24.3 Å². The average Bonchev–Trinajstić information content (AvgIpc) is 3.03. The lowest BCUT2D eigenvalue weighted by Crippen LogP contribution is -2.30. The van der Waals surface area contributed by atoms with Gasteiger partial charge in [0.05, 0.1) is 11.8 Å². The van der Waals surface area contributed by atoms with Gasteiger partial charge in [-0.1, -0.05) is 18.7 Å². The fourth-order valence-electron chi connectivity index (χ4n) is 2.20. The molecule has 5 heteroatoms. The molecule has 1 aliphatic heterocycles. The molecule has 3 N–H and O–H groups in total. The Kier molecular flexibility index (Phi) is 6.03. The Balaban J connectivity index is 1.84. The summed E-state index contributed by atoms with van der Waals surface area (Å²) in [6.07, 6.45) is 7.09. The molecule has 1 fully saturated rings. The van der Waals surface area contributed by atoms with Crippen molar-refractivity contribution >= 4 is 17.7 Å². The summed E-state index contributed by atoms with van der Waals surface area (Å²) in [7, 11) is 0. The molecule has 22 heavy (non-hydrogen) atoms. The summed E-state index contributed by atoms with van der Waals surface area (Å²) < 4.78 is 10.9. The lowest BCUT2D eigenvalue weighted by molar-refractivity contribution is -0.116. The van der Waals surface area contributed by atoms with Gasteiger partial charge in [-0.15, -0.1) is 0 Å². The first kappa shape index (κ1) is 16.1. The monoisotopic (exact) mass is 302 g/mol. The number of ether oxygens (including phenoxy) is 2. The summed E-state index contributed by atoms with van der Waals surface area (Å²) in [5, 5.41) is 2.83. The van der Waals surface area contributed by atoms with Crippen LogP contribution in [-0.2, 0) is 9.53 Å². The zero-order valence-electron chi connectivity index (χ0n) is 12.6. The fraction of sp³-hybridized carbons (Fsp3) is 0.353. The van der Waals surface area contributed by atoms with Gasteiger partial charge in [-0.25, -0.2) is 0 Å². The quantitative estimate of drug-likeness (QED) is 0.460. The van der Waals surface area contributed by atoms with Crippen LogP contribution in [0.4, 0.5) is 5.69 Å². The van der Waals surface area contributed by atoms with Crippen LogP contribution in [0.1, 0.15) is 18.4 Å². The van der Waals surface area contributed by atoms with Crippen LogP contribution < -0.4 is 15.8 Å². The van der Waals surface area contributed by atoms with Gasteiger partial charge in [0.25, 0.3) is 0 Å². The number of rotatable bonds is 7. The number of carbonyl (C=O) groups excluding carboxylic acids is 1. The highest BCUT2D eigenvalue weighted by Gasteiger charge is 2.15. The van der Waals surface area contributed by atoms with E-state index in [4.69, 9.17) is 15.2 Å². The molecule has 2 rings (SSSR count). The number of nitrogen functional groups attached to an aromatic ring is 1. The van der Waals surface area contributed by atoms with E-state index in [0.717, 1.165) is 25.0 Å². The third kappa shape index (κ3) is 4.93. The minimum atomic E-state index is -0.138. The van der Waals surface area contributed by atoms with Crippen molar-refractivity contribution in [2.24, 2.45) is 0 Å². The van der Waals surface area contributed by atoms with Crippen molar-refractivity contribution in [2.45, 2.75) is 18.9 Å². The van der Waals surface area contributed by atoms with E-state index in [0.29, 0.717) is 24.6 Å². The topological polar surface area (TPSA) is 73.6 Å². The number of benzene rings is 1. The van der Waals surface area contributed by atoms with Gasteiger partial charge in [0.1, 0.15) is 12.4 Å². The summed E-state index contributed by atoms with van der Waals surface area (Å²) in [5.74, 6) is 0.473. The van der Waals surface area contributed by atoms with Crippen molar-refractivity contribution < 1.29 is 14.3 Å². The fourth-order valence-corrected chi connectivity index (χ4v) is 2.20. The number of hydrogen-bond donors (Lipinski definition) is 2. The van der Waals surface area contributed by atoms with Gasteiger partial charge in [0.2, 0.25) is 5.91 Å². The van der Waals surface area contributed by atoms with Crippen LogP contribution >= 0.6 is 0 Å². The van der Waals surface area contributed by atoms with Crippen molar-refractivity contribution in [3.05, 3.63) is 42.5 Å². The maximum absolute atomic E-state index is 11.7. The molecule has 0 spiro atoms. The number of anilines is 1. The number of nitrogens with two attached hydrogens (primary N) is 1. The van der Waals surface area contributed by atoms with E-state index in [-0.39, 0.29) is 12.0 Å². The second-order valence-corrected chi connectivity index (χ2v) is 5.11. The van der Waals surface area contributed by atoms with E-state index in [2.05, 4.69) is 11.9 Å². The highest BCUT2D eigenvalue weighted by atomic mass is 16.5. The standard InChI is InChI=1S/C17H22N2O3/c1-2-9-22-16-7-5-13(11-15(16)18)6-8-17(20)19-12-14-4-3-10-21-14/h2,5-8,11,14H,1,3-4,9-10,12,18H2,(H,19,20)/b8-6-. The first-order valence-corrected chi connectivity index (χ1v) is 7.40. The normalized spacial score (nSPS) is 17.5. The molecule has 0 radical (unpaired) electrons. The Hall–Kier alpha value is -2.27. The Morgan fingerprint density at radius 1 is 1.55 bits per heavy atom. The van der Waals surface area contributed by atoms with Gasteiger partial charge in [-0.2, -0.15) is 0 Å². The van der Waals surface area contributed by atoms with Crippen molar-refractivity contribution in [1.29, 1.82) is 0 Å². The summed E-state index contributed by atoms with van der Waals surface area (Å²) in [4.78, 5) is 11.7. The van der Waals surface area contributed by atoms with Gasteiger partial charge in [-0.3, -0.25) is 4.79 Å². The number of carbonyl (C=O) groups is 1. The van der Waals surface area contributed by atoms with Gasteiger partial charge in [-0.05, 0) is 36.6 Å². The van der Waals surface area contributed by atoms with Crippen molar-refractivity contribution in [2.75, 3.05) is 25.5 Å². The highest BCUT2D eigenvalue weighted by molar-refractivity contribution is 5.91.